The molecule has 0 fully saturated rings. The standard InChI is InChI=1S/C19H21BrN2O/c1-12-5-7-16(14(3)9-12)11-19(23)22-21-15(4)17-10-13(2)6-8-18(17)20/h5-10H,11H2,1-4H3,(H,22,23)/b21-15-. The lowest BCUT2D eigenvalue weighted by Gasteiger charge is -2.08. The van der Waals surface area contributed by atoms with Gasteiger partial charge in [-0.25, -0.2) is 5.43 Å². The Bertz CT molecular complexity index is 766. The summed E-state index contributed by atoms with van der Waals surface area (Å²) in [7, 11) is 0. The molecule has 0 unspecified atom stereocenters. The summed E-state index contributed by atoms with van der Waals surface area (Å²) in [5, 5.41) is 4.23. The van der Waals surface area contributed by atoms with Gasteiger partial charge in [0.25, 0.3) is 0 Å². The van der Waals surface area contributed by atoms with E-state index in [0.29, 0.717) is 6.42 Å². The number of aryl methyl sites for hydroxylation is 3. The summed E-state index contributed by atoms with van der Waals surface area (Å²) in [5.74, 6) is -0.111. The Hall–Kier alpha value is -1.94. The van der Waals surface area contributed by atoms with Crippen molar-refractivity contribution in [3.8, 4) is 0 Å². The van der Waals surface area contributed by atoms with Gasteiger partial charge in [-0.05, 0) is 51.0 Å². The van der Waals surface area contributed by atoms with Crippen LogP contribution in [0.15, 0.2) is 46.0 Å². The molecular weight excluding hydrogens is 352 g/mol. The van der Waals surface area contributed by atoms with Crippen molar-refractivity contribution in [1.29, 1.82) is 0 Å². The van der Waals surface area contributed by atoms with E-state index < -0.39 is 0 Å². The van der Waals surface area contributed by atoms with Crippen molar-refractivity contribution >= 4 is 27.5 Å². The molecular formula is C19H21BrN2O. The van der Waals surface area contributed by atoms with E-state index in [1.54, 1.807) is 0 Å². The molecule has 0 aliphatic rings. The van der Waals surface area contributed by atoms with Gasteiger partial charge in [0.15, 0.2) is 0 Å². The molecule has 0 aliphatic carbocycles. The topological polar surface area (TPSA) is 41.5 Å². The molecule has 0 radical (unpaired) electrons. The van der Waals surface area contributed by atoms with Gasteiger partial charge in [-0.1, -0.05) is 51.3 Å². The third-order valence-electron chi connectivity index (χ3n) is 3.71. The lowest BCUT2D eigenvalue weighted by Crippen LogP contribution is -2.21. The van der Waals surface area contributed by atoms with Crippen molar-refractivity contribution in [2.75, 3.05) is 0 Å². The molecule has 0 spiro atoms. The minimum absolute atomic E-state index is 0.111. The number of carbonyl (C=O) groups excluding carboxylic acids is 1. The van der Waals surface area contributed by atoms with Crippen LogP contribution >= 0.6 is 15.9 Å². The number of nitrogens with one attached hydrogen (secondary N) is 1. The maximum Gasteiger partial charge on any atom is 0.244 e. The average Bonchev–Trinajstić information content (AvgIpc) is 2.50. The SMILES string of the molecule is C/C(=N/NC(=O)Cc1ccc(C)cc1C)c1cc(C)ccc1Br. The summed E-state index contributed by atoms with van der Waals surface area (Å²) in [4.78, 5) is 12.1. The zero-order valence-corrected chi connectivity index (χ0v) is 15.5. The summed E-state index contributed by atoms with van der Waals surface area (Å²) in [6.07, 6.45) is 0.331. The van der Waals surface area contributed by atoms with Crippen molar-refractivity contribution in [2.24, 2.45) is 5.10 Å². The molecule has 23 heavy (non-hydrogen) atoms. The number of amides is 1. The largest absolute Gasteiger partial charge is 0.273 e. The molecule has 0 aliphatic heterocycles. The Labute approximate surface area is 145 Å². The molecule has 0 atom stereocenters. The van der Waals surface area contributed by atoms with Crippen molar-refractivity contribution in [1.82, 2.24) is 5.43 Å². The molecule has 1 N–H and O–H groups in total. The highest BCUT2D eigenvalue weighted by atomic mass is 79.9. The zero-order valence-electron chi connectivity index (χ0n) is 13.9. The van der Waals surface area contributed by atoms with Crippen LogP contribution in [0.4, 0.5) is 0 Å². The highest BCUT2D eigenvalue weighted by molar-refractivity contribution is 9.10. The summed E-state index contributed by atoms with van der Waals surface area (Å²) in [5.41, 5.74) is 8.91. The van der Waals surface area contributed by atoms with E-state index in [9.17, 15) is 4.79 Å². The monoisotopic (exact) mass is 372 g/mol. The lowest BCUT2D eigenvalue weighted by molar-refractivity contribution is -0.120. The van der Waals surface area contributed by atoms with Crippen LogP contribution in [0.1, 0.15) is 34.7 Å². The van der Waals surface area contributed by atoms with Gasteiger partial charge >= 0.3 is 0 Å². The normalized spacial score (nSPS) is 11.4. The molecule has 3 nitrogen and oxygen atoms in total. The van der Waals surface area contributed by atoms with E-state index in [0.717, 1.165) is 32.4 Å². The van der Waals surface area contributed by atoms with Gasteiger partial charge in [0.1, 0.15) is 0 Å². The third-order valence-corrected chi connectivity index (χ3v) is 4.40. The Morgan fingerprint density at radius 2 is 1.74 bits per heavy atom. The van der Waals surface area contributed by atoms with Gasteiger partial charge in [-0.3, -0.25) is 4.79 Å². The fourth-order valence-electron chi connectivity index (χ4n) is 2.38. The van der Waals surface area contributed by atoms with Crippen LogP contribution in [-0.4, -0.2) is 11.6 Å². The van der Waals surface area contributed by atoms with Gasteiger partial charge in [-0.15, -0.1) is 0 Å². The van der Waals surface area contributed by atoms with Crippen LogP contribution in [0, 0.1) is 20.8 Å². The van der Waals surface area contributed by atoms with Gasteiger partial charge in [0.2, 0.25) is 5.91 Å². The number of nitrogens with zero attached hydrogens (tertiary/aromatic N) is 1. The Balaban J connectivity index is 2.06. The summed E-state index contributed by atoms with van der Waals surface area (Å²) in [6.45, 7) is 7.98. The number of halogens is 1. The van der Waals surface area contributed by atoms with Crippen LogP contribution in [-0.2, 0) is 11.2 Å². The fraction of sp³-hybridized carbons (Fsp3) is 0.263. The number of hydrogen-bond acceptors (Lipinski definition) is 2. The number of benzene rings is 2. The second kappa shape index (κ2) is 7.55. The lowest BCUT2D eigenvalue weighted by atomic mass is 10.0. The molecule has 4 heteroatoms. The van der Waals surface area contributed by atoms with E-state index in [1.807, 2.05) is 58.0 Å². The second-order valence-corrected chi connectivity index (χ2v) is 6.68. The van der Waals surface area contributed by atoms with E-state index in [1.165, 1.54) is 5.56 Å². The molecule has 0 saturated heterocycles. The van der Waals surface area contributed by atoms with Gasteiger partial charge < -0.3 is 0 Å². The van der Waals surface area contributed by atoms with Crippen LogP contribution in [0.25, 0.3) is 0 Å². The molecule has 0 aromatic heterocycles. The number of rotatable bonds is 4. The molecule has 0 bridgehead atoms. The second-order valence-electron chi connectivity index (χ2n) is 5.82. The minimum atomic E-state index is -0.111. The molecule has 0 heterocycles. The van der Waals surface area contributed by atoms with Crippen molar-refractivity contribution in [3.63, 3.8) is 0 Å². The third kappa shape index (κ3) is 4.76. The van der Waals surface area contributed by atoms with Crippen LogP contribution in [0.2, 0.25) is 0 Å². The fourth-order valence-corrected chi connectivity index (χ4v) is 2.91. The van der Waals surface area contributed by atoms with E-state index in [-0.39, 0.29) is 5.91 Å². The first-order valence-corrected chi connectivity index (χ1v) is 8.32. The highest BCUT2D eigenvalue weighted by Crippen LogP contribution is 2.19. The van der Waals surface area contributed by atoms with Gasteiger partial charge in [-0.2, -0.15) is 5.10 Å². The van der Waals surface area contributed by atoms with Crippen LogP contribution in [0.3, 0.4) is 0 Å². The smallest absolute Gasteiger partial charge is 0.244 e. The summed E-state index contributed by atoms with van der Waals surface area (Å²) in [6, 6.07) is 12.2. The average molecular weight is 373 g/mol. The van der Waals surface area contributed by atoms with Crippen molar-refractivity contribution < 1.29 is 4.79 Å². The first-order chi connectivity index (χ1) is 10.9. The quantitative estimate of drug-likeness (QED) is 0.624. The van der Waals surface area contributed by atoms with Crippen molar-refractivity contribution in [3.05, 3.63) is 68.7 Å². The highest BCUT2D eigenvalue weighted by Gasteiger charge is 2.07. The molecule has 0 saturated carbocycles. The molecule has 1 amide bonds. The Kier molecular flexibility index (Phi) is 5.72. The number of carbonyl (C=O) groups is 1. The first kappa shape index (κ1) is 17.4. The molecule has 2 rings (SSSR count). The molecule has 120 valence electrons. The van der Waals surface area contributed by atoms with E-state index in [4.69, 9.17) is 0 Å². The first-order valence-electron chi connectivity index (χ1n) is 7.52. The molecule has 2 aromatic carbocycles. The van der Waals surface area contributed by atoms with Crippen LogP contribution in [0.5, 0.6) is 0 Å². The number of hydrazone groups is 1. The Morgan fingerprint density at radius 3 is 2.43 bits per heavy atom. The van der Waals surface area contributed by atoms with Gasteiger partial charge in [0, 0.05) is 10.0 Å². The maximum atomic E-state index is 12.1. The number of hydrogen-bond donors (Lipinski definition) is 1. The predicted octanol–water partition coefficient (Wildman–Crippen LogP) is 4.46. The van der Waals surface area contributed by atoms with Crippen LogP contribution < -0.4 is 5.43 Å². The zero-order chi connectivity index (χ0) is 17.0. The Morgan fingerprint density at radius 1 is 1.09 bits per heavy atom. The maximum absolute atomic E-state index is 12.1. The van der Waals surface area contributed by atoms with Gasteiger partial charge in [0.05, 0.1) is 12.1 Å². The summed E-state index contributed by atoms with van der Waals surface area (Å²) >= 11 is 3.51. The minimum Gasteiger partial charge on any atom is -0.273 e. The summed E-state index contributed by atoms with van der Waals surface area (Å²) < 4.78 is 0.966. The van der Waals surface area contributed by atoms with Crippen molar-refractivity contribution in [2.45, 2.75) is 34.1 Å². The predicted molar refractivity (Wildman–Crippen MR) is 98.9 cm³/mol. The van der Waals surface area contributed by atoms with E-state index >= 15 is 0 Å². The molecule has 2 aromatic rings. The van der Waals surface area contributed by atoms with E-state index in [2.05, 4.69) is 32.5 Å².